The molecule has 1 aromatic carbocycles. The van der Waals surface area contributed by atoms with Gasteiger partial charge in [-0.1, -0.05) is 30.3 Å². The molecule has 0 bridgehead atoms. The number of rotatable bonds is 5. The number of piperazine rings is 1. The van der Waals surface area contributed by atoms with Crippen molar-refractivity contribution >= 4 is 11.8 Å². The van der Waals surface area contributed by atoms with Crippen LogP contribution in [0.2, 0.25) is 0 Å². The molecule has 0 spiro atoms. The van der Waals surface area contributed by atoms with Crippen molar-refractivity contribution < 1.29 is 9.59 Å². The van der Waals surface area contributed by atoms with Crippen molar-refractivity contribution in [3.63, 3.8) is 0 Å². The number of likely N-dealkylation sites (N-methyl/N-ethyl adjacent to an activating group) is 1. The summed E-state index contributed by atoms with van der Waals surface area (Å²) < 4.78 is 1.60. The Bertz CT molecular complexity index is 702. The van der Waals surface area contributed by atoms with Crippen molar-refractivity contribution in [2.45, 2.75) is 19.1 Å². The molecule has 7 nitrogen and oxygen atoms in total. The topological polar surface area (TPSA) is 70.5 Å². The summed E-state index contributed by atoms with van der Waals surface area (Å²) in [7, 11) is 1.63. The van der Waals surface area contributed by atoms with Gasteiger partial charge in [-0.05, 0) is 11.6 Å². The molecule has 0 radical (unpaired) electrons. The largest absolute Gasteiger partial charge is 0.358 e. The molecule has 2 amide bonds. The van der Waals surface area contributed by atoms with E-state index in [9.17, 15) is 9.59 Å². The van der Waals surface area contributed by atoms with Gasteiger partial charge in [0.25, 0.3) is 0 Å². The van der Waals surface area contributed by atoms with Gasteiger partial charge in [0.05, 0.1) is 0 Å². The first-order chi connectivity index (χ1) is 12.2. The van der Waals surface area contributed by atoms with Gasteiger partial charge >= 0.3 is 0 Å². The van der Waals surface area contributed by atoms with Gasteiger partial charge in [0.15, 0.2) is 0 Å². The van der Waals surface area contributed by atoms with Gasteiger partial charge in [-0.2, -0.15) is 5.10 Å². The second kappa shape index (κ2) is 7.94. The van der Waals surface area contributed by atoms with Crippen molar-refractivity contribution in [3.8, 4) is 0 Å². The van der Waals surface area contributed by atoms with Crippen LogP contribution in [0.15, 0.2) is 48.8 Å². The molecule has 0 saturated carbocycles. The van der Waals surface area contributed by atoms with Crippen LogP contribution in [0.4, 0.5) is 0 Å². The van der Waals surface area contributed by atoms with Crippen LogP contribution in [-0.4, -0.2) is 64.1 Å². The number of carbonyl (C=O) groups is 2. The fourth-order valence-electron chi connectivity index (χ4n) is 3.10. The lowest BCUT2D eigenvalue weighted by Gasteiger charge is -2.40. The van der Waals surface area contributed by atoms with Crippen LogP contribution in [0.1, 0.15) is 5.56 Å². The fourth-order valence-corrected chi connectivity index (χ4v) is 3.10. The fraction of sp³-hybridized carbons (Fsp3) is 0.389. The van der Waals surface area contributed by atoms with E-state index < -0.39 is 0 Å². The van der Waals surface area contributed by atoms with E-state index in [1.54, 1.807) is 35.1 Å². The van der Waals surface area contributed by atoms with Gasteiger partial charge in [0, 0.05) is 45.6 Å². The number of amides is 2. The zero-order valence-electron chi connectivity index (χ0n) is 14.3. The Hall–Kier alpha value is -2.67. The summed E-state index contributed by atoms with van der Waals surface area (Å²) >= 11 is 0. The SMILES string of the molecule is CNC(=O)[C@@H]1CN(C(=O)Cn2cccn2)CCN1Cc1ccccc1. The molecule has 1 saturated heterocycles. The monoisotopic (exact) mass is 341 g/mol. The Morgan fingerprint density at radius 2 is 2.00 bits per heavy atom. The number of carbonyl (C=O) groups excluding carboxylic acids is 2. The summed E-state index contributed by atoms with van der Waals surface area (Å²) in [4.78, 5) is 28.7. The highest BCUT2D eigenvalue weighted by molar-refractivity contribution is 5.83. The van der Waals surface area contributed by atoms with Crippen LogP contribution in [0, 0.1) is 0 Å². The lowest BCUT2D eigenvalue weighted by Crippen LogP contribution is -2.59. The number of nitrogens with zero attached hydrogens (tertiary/aromatic N) is 4. The molecule has 1 N–H and O–H groups in total. The van der Waals surface area contributed by atoms with Crippen molar-refractivity contribution in [1.29, 1.82) is 0 Å². The molecule has 132 valence electrons. The van der Waals surface area contributed by atoms with Crippen LogP contribution < -0.4 is 5.32 Å². The molecular formula is C18H23N5O2. The highest BCUT2D eigenvalue weighted by atomic mass is 16.2. The molecule has 1 aliphatic rings. The van der Waals surface area contributed by atoms with Crippen molar-refractivity contribution in [1.82, 2.24) is 24.9 Å². The van der Waals surface area contributed by atoms with E-state index in [0.29, 0.717) is 26.2 Å². The first-order valence-corrected chi connectivity index (χ1v) is 8.42. The van der Waals surface area contributed by atoms with Crippen molar-refractivity contribution in [2.24, 2.45) is 0 Å². The summed E-state index contributed by atoms with van der Waals surface area (Å²) in [5, 5.41) is 6.79. The smallest absolute Gasteiger partial charge is 0.244 e. The second-order valence-corrected chi connectivity index (χ2v) is 6.13. The van der Waals surface area contributed by atoms with E-state index in [1.807, 2.05) is 18.2 Å². The third-order valence-corrected chi connectivity index (χ3v) is 4.48. The summed E-state index contributed by atoms with van der Waals surface area (Å²) in [5.74, 6) is -0.0792. The summed E-state index contributed by atoms with van der Waals surface area (Å²) in [5.41, 5.74) is 1.16. The lowest BCUT2D eigenvalue weighted by atomic mass is 10.1. The Morgan fingerprint density at radius 1 is 1.20 bits per heavy atom. The van der Waals surface area contributed by atoms with Crippen LogP contribution >= 0.6 is 0 Å². The third-order valence-electron chi connectivity index (χ3n) is 4.48. The summed E-state index contributed by atoms with van der Waals surface area (Å²) in [6.07, 6.45) is 3.41. The average molecular weight is 341 g/mol. The molecule has 2 aromatic rings. The molecule has 2 heterocycles. The van der Waals surface area contributed by atoms with Gasteiger partial charge in [0.2, 0.25) is 11.8 Å². The Morgan fingerprint density at radius 3 is 2.68 bits per heavy atom. The molecule has 3 rings (SSSR count). The van der Waals surface area contributed by atoms with Gasteiger partial charge < -0.3 is 10.2 Å². The molecule has 1 atom stereocenters. The quantitative estimate of drug-likeness (QED) is 0.852. The molecule has 7 heteroatoms. The van der Waals surface area contributed by atoms with Crippen LogP contribution in [0.3, 0.4) is 0 Å². The van der Waals surface area contributed by atoms with Gasteiger partial charge in [-0.25, -0.2) is 0 Å². The van der Waals surface area contributed by atoms with Gasteiger partial charge in [0.1, 0.15) is 12.6 Å². The molecule has 0 unspecified atom stereocenters. The number of hydrogen-bond acceptors (Lipinski definition) is 4. The van der Waals surface area contributed by atoms with Crippen LogP contribution in [-0.2, 0) is 22.7 Å². The molecule has 1 fully saturated rings. The van der Waals surface area contributed by atoms with E-state index in [4.69, 9.17) is 0 Å². The van der Waals surface area contributed by atoms with E-state index in [-0.39, 0.29) is 24.4 Å². The molecule has 0 aliphatic carbocycles. The maximum atomic E-state index is 12.5. The number of aromatic nitrogens is 2. The average Bonchev–Trinajstić information content (AvgIpc) is 3.15. The maximum Gasteiger partial charge on any atom is 0.244 e. The zero-order chi connectivity index (χ0) is 17.6. The molecular weight excluding hydrogens is 318 g/mol. The maximum absolute atomic E-state index is 12.5. The predicted molar refractivity (Wildman–Crippen MR) is 93.5 cm³/mol. The first kappa shape index (κ1) is 17.2. The van der Waals surface area contributed by atoms with E-state index in [0.717, 1.165) is 5.56 Å². The standard InChI is InChI=1S/C18H23N5O2/c1-19-18(25)16-13-22(17(24)14-23-9-5-8-20-23)11-10-21(16)12-15-6-3-2-4-7-15/h2-9,16H,10-14H2,1H3,(H,19,25)/t16-/m0/s1. The van der Waals surface area contributed by atoms with Gasteiger partial charge in [-0.15, -0.1) is 0 Å². The van der Waals surface area contributed by atoms with Crippen molar-refractivity contribution in [3.05, 3.63) is 54.4 Å². The number of hydrogen-bond donors (Lipinski definition) is 1. The van der Waals surface area contributed by atoms with Crippen molar-refractivity contribution in [2.75, 3.05) is 26.7 Å². The summed E-state index contributed by atoms with van der Waals surface area (Å²) in [6, 6.07) is 11.5. The molecule has 25 heavy (non-hydrogen) atoms. The highest BCUT2D eigenvalue weighted by Gasteiger charge is 2.33. The zero-order valence-corrected chi connectivity index (χ0v) is 14.3. The van der Waals surface area contributed by atoms with Gasteiger partial charge in [-0.3, -0.25) is 19.2 Å². The summed E-state index contributed by atoms with van der Waals surface area (Å²) in [6.45, 7) is 2.57. The van der Waals surface area contributed by atoms with Crippen LogP contribution in [0.25, 0.3) is 0 Å². The van der Waals surface area contributed by atoms with E-state index in [1.165, 1.54) is 0 Å². The van der Waals surface area contributed by atoms with E-state index in [2.05, 4.69) is 27.4 Å². The third kappa shape index (κ3) is 4.24. The minimum Gasteiger partial charge on any atom is -0.358 e. The highest BCUT2D eigenvalue weighted by Crippen LogP contribution is 2.15. The number of nitrogens with one attached hydrogen (secondary N) is 1. The minimum atomic E-state index is -0.347. The Kier molecular flexibility index (Phi) is 5.45. The lowest BCUT2D eigenvalue weighted by molar-refractivity contribution is -0.138. The Labute approximate surface area is 147 Å². The molecule has 1 aliphatic heterocycles. The number of benzene rings is 1. The Balaban J connectivity index is 1.67. The second-order valence-electron chi connectivity index (χ2n) is 6.13. The van der Waals surface area contributed by atoms with E-state index >= 15 is 0 Å². The molecule has 1 aromatic heterocycles. The van der Waals surface area contributed by atoms with Crippen LogP contribution in [0.5, 0.6) is 0 Å². The normalized spacial score (nSPS) is 18.1. The minimum absolute atomic E-state index is 0.0167. The first-order valence-electron chi connectivity index (χ1n) is 8.42. The predicted octanol–water partition coefficient (Wildman–Crippen LogP) is 0.342.